The molecule has 2 fully saturated rings. The van der Waals surface area contributed by atoms with Crippen molar-refractivity contribution in [3.8, 4) is 0 Å². The number of hydrogen-bond acceptors (Lipinski definition) is 4. The largest absolute Gasteiger partial charge is 0.396 e. The van der Waals surface area contributed by atoms with Crippen LogP contribution in [-0.2, 0) is 17.9 Å². The Bertz CT molecular complexity index is 600. The number of rotatable bonds is 6. The van der Waals surface area contributed by atoms with E-state index in [9.17, 15) is 4.79 Å². The third kappa shape index (κ3) is 4.23. The average Bonchev–Trinajstić information content (AvgIpc) is 2.96. The molecule has 2 saturated heterocycles. The predicted octanol–water partition coefficient (Wildman–Crippen LogP) is 1.80. The number of aromatic nitrogens is 2. The van der Waals surface area contributed by atoms with Gasteiger partial charge in [0.2, 0.25) is 5.91 Å². The number of amides is 1. The van der Waals surface area contributed by atoms with Crippen molar-refractivity contribution in [1.82, 2.24) is 19.6 Å². The second-order valence-electron chi connectivity index (χ2n) is 7.80. The van der Waals surface area contributed by atoms with Crippen molar-refractivity contribution in [2.75, 3.05) is 32.8 Å². The zero-order chi connectivity index (χ0) is 17.9. The van der Waals surface area contributed by atoms with Crippen LogP contribution in [0.15, 0.2) is 6.20 Å². The quantitative estimate of drug-likeness (QED) is 0.851. The van der Waals surface area contributed by atoms with Crippen molar-refractivity contribution in [1.29, 1.82) is 0 Å². The highest BCUT2D eigenvalue weighted by atomic mass is 16.3. The lowest BCUT2D eigenvalue weighted by atomic mass is 9.73. The Morgan fingerprint density at radius 1 is 1.32 bits per heavy atom. The van der Waals surface area contributed by atoms with Gasteiger partial charge in [-0.1, -0.05) is 0 Å². The molecule has 0 aromatic carbocycles. The summed E-state index contributed by atoms with van der Waals surface area (Å²) < 4.78 is 2.01. The molecular formula is C19H32N4O2. The molecule has 25 heavy (non-hydrogen) atoms. The van der Waals surface area contributed by atoms with E-state index in [1.165, 1.54) is 18.4 Å². The smallest absolute Gasteiger partial charge is 0.222 e. The number of likely N-dealkylation sites (tertiary alicyclic amines) is 2. The minimum absolute atomic E-state index is 0.156. The number of carbonyl (C=O) groups excluding carboxylic acids is 1. The molecular weight excluding hydrogens is 316 g/mol. The Morgan fingerprint density at radius 2 is 2.16 bits per heavy atom. The van der Waals surface area contributed by atoms with Crippen LogP contribution in [0.4, 0.5) is 0 Å². The van der Waals surface area contributed by atoms with Gasteiger partial charge in [-0.25, -0.2) is 0 Å². The SMILES string of the molecule is CCn1cc(CN2CCC[C@]3(CCC(=O)N(CCCO)C3)C2)c(C)n1. The van der Waals surface area contributed by atoms with Crippen molar-refractivity contribution >= 4 is 5.91 Å². The number of aliphatic hydroxyl groups excluding tert-OH is 1. The van der Waals surface area contributed by atoms with E-state index in [0.29, 0.717) is 19.4 Å². The van der Waals surface area contributed by atoms with Gasteiger partial charge < -0.3 is 10.0 Å². The van der Waals surface area contributed by atoms with E-state index in [1.54, 1.807) is 0 Å². The summed E-state index contributed by atoms with van der Waals surface area (Å²) in [6.07, 6.45) is 6.93. The summed E-state index contributed by atoms with van der Waals surface area (Å²) in [4.78, 5) is 16.7. The summed E-state index contributed by atoms with van der Waals surface area (Å²) in [7, 11) is 0. The Labute approximate surface area is 150 Å². The third-order valence-corrected chi connectivity index (χ3v) is 5.84. The molecule has 1 aromatic rings. The lowest BCUT2D eigenvalue weighted by Gasteiger charge is -2.48. The maximum atomic E-state index is 12.2. The summed E-state index contributed by atoms with van der Waals surface area (Å²) >= 11 is 0. The standard InChI is InChI=1S/C19H32N4O2/c1-3-23-13-17(16(2)20-23)12-21-9-4-7-19(14-21)8-6-18(25)22(15-19)10-5-11-24/h13,24H,3-12,14-15H2,1-2H3/t19-/m0/s1. The molecule has 1 aromatic heterocycles. The van der Waals surface area contributed by atoms with Crippen LogP contribution in [0.25, 0.3) is 0 Å². The van der Waals surface area contributed by atoms with Gasteiger partial charge in [0.15, 0.2) is 0 Å². The fraction of sp³-hybridized carbons (Fsp3) is 0.789. The van der Waals surface area contributed by atoms with Gasteiger partial charge in [0.25, 0.3) is 0 Å². The van der Waals surface area contributed by atoms with E-state index in [-0.39, 0.29) is 17.9 Å². The highest BCUT2D eigenvalue weighted by molar-refractivity contribution is 5.77. The zero-order valence-corrected chi connectivity index (χ0v) is 15.7. The van der Waals surface area contributed by atoms with E-state index in [0.717, 1.165) is 44.8 Å². The average molecular weight is 348 g/mol. The lowest BCUT2D eigenvalue weighted by molar-refractivity contribution is -0.139. The fourth-order valence-corrected chi connectivity index (χ4v) is 4.46. The van der Waals surface area contributed by atoms with E-state index < -0.39 is 0 Å². The van der Waals surface area contributed by atoms with Gasteiger partial charge in [-0.05, 0) is 46.1 Å². The first kappa shape index (κ1) is 18.4. The van der Waals surface area contributed by atoms with E-state index in [2.05, 4.69) is 30.0 Å². The minimum atomic E-state index is 0.156. The van der Waals surface area contributed by atoms with Crippen molar-refractivity contribution in [3.05, 3.63) is 17.5 Å². The van der Waals surface area contributed by atoms with Gasteiger partial charge in [-0.15, -0.1) is 0 Å². The molecule has 0 aliphatic carbocycles. The molecule has 2 aliphatic heterocycles. The van der Waals surface area contributed by atoms with Crippen LogP contribution in [0.3, 0.4) is 0 Å². The van der Waals surface area contributed by atoms with E-state index in [1.807, 2.05) is 9.58 Å². The summed E-state index contributed by atoms with van der Waals surface area (Å²) in [6.45, 7) is 9.97. The van der Waals surface area contributed by atoms with Gasteiger partial charge in [0.05, 0.1) is 5.69 Å². The van der Waals surface area contributed by atoms with Crippen molar-refractivity contribution in [3.63, 3.8) is 0 Å². The summed E-state index contributed by atoms with van der Waals surface area (Å²) in [5.74, 6) is 0.260. The molecule has 0 saturated carbocycles. The second-order valence-corrected chi connectivity index (χ2v) is 7.80. The van der Waals surface area contributed by atoms with Gasteiger partial charge in [0.1, 0.15) is 0 Å². The summed E-state index contributed by atoms with van der Waals surface area (Å²) in [5.41, 5.74) is 2.68. The molecule has 6 nitrogen and oxygen atoms in total. The van der Waals surface area contributed by atoms with Crippen LogP contribution in [0.1, 0.15) is 50.3 Å². The minimum Gasteiger partial charge on any atom is -0.396 e. The summed E-state index contributed by atoms with van der Waals surface area (Å²) in [6, 6.07) is 0. The van der Waals surface area contributed by atoms with Crippen LogP contribution >= 0.6 is 0 Å². The fourth-order valence-electron chi connectivity index (χ4n) is 4.46. The molecule has 0 radical (unpaired) electrons. The molecule has 6 heteroatoms. The normalized spacial score (nSPS) is 25.1. The third-order valence-electron chi connectivity index (χ3n) is 5.84. The molecule has 140 valence electrons. The maximum absolute atomic E-state index is 12.2. The molecule has 0 bridgehead atoms. The zero-order valence-electron chi connectivity index (χ0n) is 15.7. The van der Waals surface area contributed by atoms with Gasteiger partial charge in [0, 0.05) is 62.9 Å². The van der Waals surface area contributed by atoms with Crippen LogP contribution in [0.5, 0.6) is 0 Å². The molecule has 1 amide bonds. The predicted molar refractivity (Wildman–Crippen MR) is 97.1 cm³/mol. The summed E-state index contributed by atoms with van der Waals surface area (Å²) in [5, 5.41) is 13.7. The van der Waals surface area contributed by atoms with Crippen LogP contribution in [-0.4, -0.2) is 63.4 Å². The van der Waals surface area contributed by atoms with Gasteiger partial charge >= 0.3 is 0 Å². The van der Waals surface area contributed by atoms with E-state index in [4.69, 9.17) is 5.11 Å². The van der Waals surface area contributed by atoms with Crippen LogP contribution in [0.2, 0.25) is 0 Å². The first-order chi connectivity index (χ1) is 12.0. The number of carbonyl (C=O) groups is 1. The highest BCUT2D eigenvalue weighted by Crippen LogP contribution is 2.39. The highest BCUT2D eigenvalue weighted by Gasteiger charge is 2.41. The Hall–Kier alpha value is -1.40. The van der Waals surface area contributed by atoms with E-state index >= 15 is 0 Å². The monoisotopic (exact) mass is 348 g/mol. The van der Waals surface area contributed by atoms with Crippen molar-refractivity contribution in [2.45, 2.75) is 59.0 Å². The molecule has 1 spiro atoms. The molecule has 3 rings (SSSR count). The topological polar surface area (TPSA) is 61.6 Å². The van der Waals surface area contributed by atoms with Crippen LogP contribution < -0.4 is 0 Å². The lowest BCUT2D eigenvalue weighted by Crippen LogP contribution is -2.54. The number of aryl methyl sites for hydroxylation is 2. The second kappa shape index (κ2) is 7.87. The van der Waals surface area contributed by atoms with Crippen LogP contribution in [0, 0.1) is 12.3 Å². The maximum Gasteiger partial charge on any atom is 0.222 e. The van der Waals surface area contributed by atoms with Gasteiger partial charge in [-0.3, -0.25) is 14.4 Å². The first-order valence-corrected chi connectivity index (χ1v) is 9.69. The number of aliphatic hydroxyl groups is 1. The molecule has 1 atom stereocenters. The van der Waals surface area contributed by atoms with Crippen molar-refractivity contribution < 1.29 is 9.90 Å². The number of hydrogen-bond donors (Lipinski definition) is 1. The Kier molecular flexibility index (Phi) is 5.79. The Morgan fingerprint density at radius 3 is 2.88 bits per heavy atom. The molecule has 3 heterocycles. The van der Waals surface area contributed by atoms with Gasteiger partial charge in [-0.2, -0.15) is 5.10 Å². The number of nitrogens with zero attached hydrogens (tertiary/aromatic N) is 4. The van der Waals surface area contributed by atoms with Crippen molar-refractivity contribution in [2.24, 2.45) is 5.41 Å². The molecule has 2 aliphatic rings. The number of piperidine rings is 2. The first-order valence-electron chi connectivity index (χ1n) is 9.69. The molecule has 0 unspecified atom stereocenters. The molecule has 1 N–H and O–H groups in total. The Balaban J connectivity index is 1.65.